The molecule has 4 aromatic rings. The van der Waals surface area contributed by atoms with E-state index < -0.39 is 17.5 Å². The molecule has 0 saturated carbocycles. The highest BCUT2D eigenvalue weighted by Gasteiger charge is 2.23. The van der Waals surface area contributed by atoms with E-state index in [0.29, 0.717) is 30.0 Å². The summed E-state index contributed by atoms with van der Waals surface area (Å²) in [6.45, 7) is 7.89. The van der Waals surface area contributed by atoms with E-state index in [4.69, 9.17) is 5.73 Å². The van der Waals surface area contributed by atoms with Crippen LogP contribution in [0.15, 0.2) is 54.9 Å². The maximum Gasteiger partial charge on any atom is 0.252 e. The van der Waals surface area contributed by atoms with Crippen LogP contribution in [-0.2, 0) is 6.42 Å². The van der Waals surface area contributed by atoms with E-state index in [0.717, 1.165) is 55.5 Å². The number of carbonyl (C=O) groups excluding carboxylic acids is 1. The van der Waals surface area contributed by atoms with Gasteiger partial charge in [-0.2, -0.15) is 5.26 Å². The number of H-pyrrole nitrogens is 1. The number of benzene rings is 2. The van der Waals surface area contributed by atoms with Gasteiger partial charge < -0.3 is 15.6 Å². The van der Waals surface area contributed by atoms with Crippen molar-refractivity contribution >= 4 is 22.6 Å². The summed E-state index contributed by atoms with van der Waals surface area (Å²) in [6, 6.07) is 12.7. The number of amides is 1. The number of nitrogens with one attached hydrogen (secondary N) is 1. The van der Waals surface area contributed by atoms with Crippen LogP contribution in [0.25, 0.3) is 22.0 Å². The van der Waals surface area contributed by atoms with Gasteiger partial charge in [0, 0.05) is 66.7 Å². The molecule has 2 aromatic heterocycles. The normalized spacial score (nSPS) is 13.6. The number of hydrogen-bond donors (Lipinski definition) is 2. The van der Waals surface area contributed by atoms with Crippen molar-refractivity contribution in [1.82, 2.24) is 14.9 Å². The molecule has 1 saturated heterocycles. The molecule has 0 bridgehead atoms. The number of nitriles is 1. The van der Waals surface area contributed by atoms with Crippen LogP contribution in [0.2, 0.25) is 0 Å². The van der Waals surface area contributed by atoms with Crippen LogP contribution < -0.4 is 10.6 Å². The van der Waals surface area contributed by atoms with Gasteiger partial charge in [-0.25, -0.2) is 13.8 Å². The molecule has 202 valence electrons. The topological polar surface area (TPSA) is 102 Å². The average molecular weight is 531 g/mol. The van der Waals surface area contributed by atoms with Gasteiger partial charge in [0.1, 0.15) is 17.5 Å². The van der Waals surface area contributed by atoms with Gasteiger partial charge in [-0.3, -0.25) is 9.69 Å². The molecule has 5 rings (SSSR count). The number of rotatable bonds is 7. The van der Waals surface area contributed by atoms with Crippen LogP contribution in [0.5, 0.6) is 0 Å². The number of nitrogens with zero attached hydrogens (tertiary/aromatic N) is 4. The molecule has 0 spiro atoms. The Labute approximate surface area is 226 Å². The molecule has 0 radical (unpaired) electrons. The number of nitrogens with two attached hydrogens (primary N) is 1. The third-order valence-corrected chi connectivity index (χ3v) is 6.86. The lowest BCUT2D eigenvalue weighted by atomic mass is 10.0. The van der Waals surface area contributed by atoms with Crippen LogP contribution in [0.3, 0.4) is 0 Å². The molecule has 0 aliphatic carbocycles. The highest BCUT2D eigenvalue weighted by atomic mass is 19.1. The summed E-state index contributed by atoms with van der Waals surface area (Å²) < 4.78 is 27.6. The number of anilines is 1. The van der Waals surface area contributed by atoms with E-state index in [2.05, 4.69) is 20.9 Å². The van der Waals surface area contributed by atoms with Gasteiger partial charge >= 0.3 is 0 Å². The minimum absolute atomic E-state index is 0.159. The Hall–Kier alpha value is -4.29. The van der Waals surface area contributed by atoms with Crippen LogP contribution in [0.4, 0.5) is 14.6 Å². The fraction of sp³-hybridized carbons (Fsp3) is 0.300. The van der Waals surface area contributed by atoms with Crippen molar-refractivity contribution in [3.8, 4) is 17.2 Å². The van der Waals surface area contributed by atoms with E-state index in [-0.39, 0.29) is 11.1 Å². The smallest absolute Gasteiger partial charge is 0.252 e. The number of halogens is 2. The van der Waals surface area contributed by atoms with E-state index in [1.807, 2.05) is 43.1 Å². The average Bonchev–Trinajstić information content (AvgIpc) is 3.36. The van der Waals surface area contributed by atoms with Gasteiger partial charge in [-0.1, -0.05) is 13.8 Å². The molecule has 0 unspecified atom stereocenters. The lowest BCUT2D eigenvalue weighted by molar-refractivity contribution is 0.1000. The lowest BCUT2D eigenvalue weighted by Gasteiger charge is -2.36. The molecule has 3 heterocycles. The number of piperazine rings is 1. The predicted molar refractivity (Wildman–Crippen MR) is 149 cm³/mol. The van der Waals surface area contributed by atoms with Gasteiger partial charge in [0.2, 0.25) is 0 Å². The van der Waals surface area contributed by atoms with Gasteiger partial charge in [0.15, 0.2) is 0 Å². The molecular formula is C30H32F2N6O. The van der Waals surface area contributed by atoms with E-state index in [1.54, 1.807) is 0 Å². The van der Waals surface area contributed by atoms with Crippen LogP contribution in [0, 0.1) is 23.0 Å². The highest BCUT2D eigenvalue weighted by Crippen LogP contribution is 2.28. The van der Waals surface area contributed by atoms with E-state index in [1.165, 1.54) is 23.9 Å². The van der Waals surface area contributed by atoms with Crippen molar-refractivity contribution < 1.29 is 13.6 Å². The number of hydrogen-bond acceptors (Lipinski definition) is 5. The molecule has 9 heteroatoms. The van der Waals surface area contributed by atoms with Crippen molar-refractivity contribution in [2.24, 2.45) is 5.73 Å². The van der Waals surface area contributed by atoms with Crippen molar-refractivity contribution in [1.29, 1.82) is 5.26 Å². The van der Waals surface area contributed by atoms with Crippen LogP contribution in [0.1, 0.15) is 41.8 Å². The molecule has 1 aliphatic rings. The van der Waals surface area contributed by atoms with Gasteiger partial charge in [0.05, 0.1) is 17.2 Å². The number of aromatic nitrogens is 2. The summed E-state index contributed by atoms with van der Waals surface area (Å²) in [7, 11) is 0. The molecule has 7 nitrogen and oxygen atoms in total. The summed E-state index contributed by atoms with van der Waals surface area (Å²) in [5.41, 5.74) is 9.28. The molecule has 39 heavy (non-hydrogen) atoms. The minimum Gasteiger partial charge on any atom is -0.365 e. The molecule has 3 N–H and O–H groups in total. The minimum atomic E-state index is -0.725. The van der Waals surface area contributed by atoms with E-state index >= 15 is 0 Å². The molecule has 0 atom stereocenters. The van der Waals surface area contributed by atoms with Crippen molar-refractivity contribution in [2.75, 3.05) is 37.6 Å². The summed E-state index contributed by atoms with van der Waals surface area (Å²) in [4.78, 5) is 24.3. The lowest BCUT2D eigenvalue weighted by Crippen LogP contribution is -2.47. The SMILES string of the molecule is CC.N#Cc1ccc2[nH]cc(CCCN3CCN(c4ncc(-c5ccc(F)cc5F)cc4C(N)=O)CC3)c2c1. The van der Waals surface area contributed by atoms with Crippen LogP contribution in [-0.4, -0.2) is 53.5 Å². The maximum absolute atomic E-state index is 14.3. The number of aromatic amines is 1. The Kier molecular flexibility index (Phi) is 8.89. The Morgan fingerprint density at radius 2 is 1.87 bits per heavy atom. The van der Waals surface area contributed by atoms with E-state index in [9.17, 15) is 18.8 Å². The molecular weight excluding hydrogens is 498 g/mol. The Balaban J connectivity index is 0.00000172. The maximum atomic E-state index is 14.3. The Morgan fingerprint density at radius 1 is 1.10 bits per heavy atom. The second kappa shape index (κ2) is 12.5. The Morgan fingerprint density at radius 3 is 2.56 bits per heavy atom. The highest BCUT2D eigenvalue weighted by molar-refractivity contribution is 5.99. The zero-order chi connectivity index (χ0) is 27.9. The number of fused-ring (bicyclic) bond motifs is 1. The van der Waals surface area contributed by atoms with Gasteiger partial charge in [-0.05, 0) is 61.3 Å². The monoisotopic (exact) mass is 530 g/mol. The third kappa shape index (κ3) is 6.24. The second-order valence-corrected chi connectivity index (χ2v) is 9.20. The number of pyridine rings is 1. The molecule has 1 fully saturated rings. The first-order chi connectivity index (χ1) is 18.9. The van der Waals surface area contributed by atoms with Gasteiger partial charge in [0.25, 0.3) is 5.91 Å². The summed E-state index contributed by atoms with van der Waals surface area (Å²) in [6.07, 6.45) is 5.39. The van der Waals surface area contributed by atoms with Crippen molar-refractivity contribution in [3.63, 3.8) is 0 Å². The first-order valence-corrected chi connectivity index (χ1v) is 13.2. The van der Waals surface area contributed by atoms with Crippen LogP contribution >= 0.6 is 0 Å². The largest absolute Gasteiger partial charge is 0.365 e. The Bertz CT molecular complexity index is 1500. The quantitative estimate of drug-likeness (QED) is 0.339. The van der Waals surface area contributed by atoms with Gasteiger partial charge in [-0.15, -0.1) is 0 Å². The third-order valence-electron chi connectivity index (χ3n) is 6.86. The predicted octanol–water partition coefficient (Wildman–Crippen LogP) is 5.26. The molecule has 1 amide bonds. The first kappa shape index (κ1) is 27.7. The summed E-state index contributed by atoms with van der Waals surface area (Å²) in [5.74, 6) is -1.57. The van der Waals surface area contributed by atoms with Crippen molar-refractivity contribution in [3.05, 3.63) is 83.2 Å². The molecule has 2 aromatic carbocycles. The molecule has 1 aliphatic heterocycles. The zero-order valence-corrected chi connectivity index (χ0v) is 22.2. The number of primary amides is 1. The fourth-order valence-electron chi connectivity index (χ4n) is 4.89. The summed E-state index contributed by atoms with van der Waals surface area (Å²) in [5, 5.41) is 10.3. The second-order valence-electron chi connectivity index (χ2n) is 9.20. The summed E-state index contributed by atoms with van der Waals surface area (Å²) >= 11 is 0. The zero-order valence-electron chi connectivity index (χ0n) is 22.2. The number of aryl methyl sites for hydroxylation is 1. The fourth-order valence-corrected chi connectivity index (χ4v) is 4.89. The first-order valence-electron chi connectivity index (χ1n) is 13.2. The van der Waals surface area contributed by atoms with Crippen molar-refractivity contribution in [2.45, 2.75) is 26.7 Å². The standard InChI is InChI=1S/C28H26F2N6O.C2H6/c29-21-4-5-22(25(30)14-21)20-13-24(27(32)37)28(34-17-20)36-10-8-35(9-11-36)7-1-2-19-16-33-26-6-3-18(15-31)12-23(19)26;1-2/h3-6,12-14,16-17,33H,1-2,7-11H2,(H2,32,37);1-2H3. The number of carbonyl (C=O) groups is 1.